The smallest absolute Gasteiger partial charge is 0.257 e. The van der Waals surface area contributed by atoms with E-state index in [1.165, 1.54) is 11.0 Å². The van der Waals surface area contributed by atoms with Crippen molar-refractivity contribution in [3.63, 3.8) is 0 Å². The Morgan fingerprint density at radius 2 is 2.17 bits per heavy atom. The molecule has 96 valence electrons. The molecule has 1 aromatic carbocycles. The van der Waals surface area contributed by atoms with E-state index in [0.29, 0.717) is 12.1 Å². The quantitative estimate of drug-likeness (QED) is 0.822. The van der Waals surface area contributed by atoms with Gasteiger partial charge in [0.05, 0.1) is 18.1 Å². The van der Waals surface area contributed by atoms with Crippen LogP contribution in [0.3, 0.4) is 0 Å². The molecular weight excluding hydrogens is 231 g/mol. The SMILES string of the molecule is Cc1cccc(C(=O)N(CCC#N)C(C)C)c1F. The first-order valence-electron chi connectivity index (χ1n) is 5.92. The minimum atomic E-state index is -0.481. The summed E-state index contributed by atoms with van der Waals surface area (Å²) in [5, 5.41) is 8.59. The van der Waals surface area contributed by atoms with Gasteiger partial charge in [-0.25, -0.2) is 4.39 Å². The first kappa shape index (κ1) is 14.2. The molecule has 1 amide bonds. The van der Waals surface area contributed by atoms with Crippen LogP contribution < -0.4 is 0 Å². The van der Waals surface area contributed by atoms with Crippen LogP contribution in [0.2, 0.25) is 0 Å². The number of nitrogens with zero attached hydrogens (tertiary/aromatic N) is 2. The molecular formula is C14H17FN2O. The molecule has 0 saturated carbocycles. The van der Waals surface area contributed by atoms with Crippen LogP contribution in [-0.4, -0.2) is 23.4 Å². The summed E-state index contributed by atoms with van der Waals surface area (Å²) in [5.41, 5.74) is 0.520. The van der Waals surface area contributed by atoms with Gasteiger partial charge in [-0.3, -0.25) is 4.79 Å². The van der Waals surface area contributed by atoms with Crippen LogP contribution in [0.1, 0.15) is 36.2 Å². The topological polar surface area (TPSA) is 44.1 Å². The van der Waals surface area contributed by atoms with Gasteiger partial charge >= 0.3 is 0 Å². The summed E-state index contributed by atoms with van der Waals surface area (Å²) in [6.07, 6.45) is 0.247. The van der Waals surface area contributed by atoms with Crippen LogP contribution in [0.5, 0.6) is 0 Å². The van der Waals surface area contributed by atoms with Crippen LogP contribution in [0.25, 0.3) is 0 Å². The minimum absolute atomic E-state index is 0.0641. The number of carbonyl (C=O) groups is 1. The standard InChI is InChI=1S/C14H17FN2O/c1-10(2)17(9-5-8-16)14(18)12-7-4-6-11(3)13(12)15/h4,6-7,10H,5,9H2,1-3H3. The summed E-state index contributed by atoms with van der Waals surface area (Å²) < 4.78 is 13.9. The van der Waals surface area contributed by atoms with E-state index in [2.05, 4.69) is 0 Å². The van der Waals surface area contributed by atoms with Gasteiger partial charge in [0.25, 0.3) is 5.91 Å². The van der Waals surface area contributed by atoms with Crippen LogP contribution in [0, 0.1) is 24.1 Å². The third-order valence-corrected chi connectivity index (χ3v) is 2.77. The van der Waals surface area contributed by atoms with E-state index in [1.807, 2.05) is 19.9 Å². The van der Waals surface area contributed by atoms with Gasteiger partial charge in [-0.2, -0.15) is 5.26 Å². The molecule has 0 radical (unpaired) electrons. The lowest BCUT2D eigenvalue weighted by Gasteiger charge is -2.26. The minimum Gasteiger partial charge on any atom is -0.335 e. The number of benzene rings is 1. The highest BCUT2D eigenvalue weighted by molar-refractivity contribution is 5.94. The van der Waals surface area contributed by atoms with Crippen molar-refractivity contribution in [2.75, 3.05) is 6.54 Å². The molecule has 0 atom stereocenters. The zero-order valence-electron chi connectivity index (χ0n) is 10.9. The molecule has 18 heavy (non-hydrogen) atoms. The maximum atomic E-state index is 13.9. The van der Waals surface area contributed by atoms with Crippen molar-refractivity contribution in [2.45, 2.75) is 33.2 Å². The molecule has 0 saturated heterocycles. The van der Waals surface area contributed by atoms with Gasteiger partial charge in [-0.05, 0) is 32.4 Å². The van der Waals surface area contributed by atoms with Gasteiger partial charge in [0, 0.05) is 12.6 Å². The number of amides is 1. The maximum absolute atomic E-state index is 13.9. The second-order valence-corrected chi connectivity index (χ2v) is 4.44. The lowest BCUT2D eigenvalue weighted by atomic mass is 10.1. The number of hydrogen-bond acceptors (Lipinski definition) is 2. The molecule has 0 heterocycles. The highest BCUT2D eigenvalue weighted by atomic mass is 19.1. The Bertz CT molecular complexity index is 477. The van der Waals surface area contributed by atoms with E-state index >= 15 is 0 Å². The largest absolute Gasteiger partial charge is 0.335 e. The summed E-state index contributed by atoms with van der Waals surface area (Å²) in [6, 6.07) is 6.70. The molecule has 0 unspecified atom stereocenters. The van der Waals surface area contributed by atoms with Crippen molar-refractivity contribution in [3.05, 3.63) is 35.1 Å². The van der Waals surface area contributed by atoms with Crippen LogP contribution in [0.15, 0.2) is 18.2 Å². The van der Waals surface area contributed by atoms with E-state index in [4.69, 9.17) is 5.26 Å². The zero-order valence-corrected chi connectivity index (χ0v) is 10.9. The molecule has 1 aromatic rings. The van der Waals surface area contributed by atoms with Crippen molar-refractivity contribution in [2.24, 2.45) is 0 Å². The Morgan fingerprint density at radius 3 is 2.72 bits per heavy atom. The number of hydrogen-bond donors (Lipinski definition) is 0. The number of nitriles is 1. The Labute approximate surface area is 107 Å². The highest BCUT2D eigenvalue weighted by Gasteiger charge is 2.21. The van der Waals surface area contributed by atoms with Crippen LogP contribution in [-0.2, 0) is 0 Å². The number of halogens is 1. The molecule has 4 heteroatoms. The molecule has 0 fully saturated rings. The average molecular weight is 248 g/mol. The van der Waals surface area contributed by atoms with Gasteiger partial charge in [0.1, 0.15) is 5.82 Å². The predicted molar refractivity (Wildman–Crippen MR) is 67.5 cm³/mol. The lowest BCUT2D eigenvalue weighted by Crippen LogP contribution is -2.38. The second kappa shape index (κ2) is 6.15. The maximum Gasteiger partial charge on any atom is 0.257 e. The van der Waals surface area contributed by atoms with Gasteiger partial charge in [0.2, 0.25) is 0 Å². The van der Waals surface area contributed by atoms with Gasteiger partial charge < -0.3 is 4.90 Å². The second-order valence-electron chi connectivity index (χ2n) is 4.44. The van der Waals surface area contributed by atoms with Crippen molar-refractivity contribution >= 4 is 5.91 Å². The summed E-state index contributed by atoms with van der Waals surface area (Å²) >= 11 is 0. The first-order chi connectivity index (χ1) is 8.49. The van der Waals surface area contributed by atoms with Gasteiger partial charge in [-0.1, -0.05) is 12.1 Å². The normalized spacial score (nSPS) is 10.2. The Balaban J connectivity index is 3.03. The number of rotatable bonds is 4. The molecule has 0 spiro atoms. The highest BCUT2D eigenvalue weighted by Crippen LogP contribution is 2.16. The molecule has 0 aliphatic carbocycles. The van der Waals surface area contributed by atoms with Crippen molar-refractivity contribution < 1.29 is 9.18 Å². The summed E-state index contributed by atoms with van der Waals surface area (Å²) in [6.45, 7) is 5.65. The Morgan fingerprint density at radius 1 is 1.50 bits per heavy atom. The molecule has 0 aromatic heterocycles. The fraction of sp³-hybridized carbons (Fsp3) is 0.429. The fourth-order valence-corrected chi connectivity index (χ4v) is 1.73. The van der Waals surface area contributed by atoms with Gasteiger partial charge in [0.15, 0.2) is 0 Å². The molecule has 1 rings (SSSR count). The monoisotopic (exact) mass is 248 g/mol. The summed E-state index contributed by atoms with van der Waals surface area (Å²) in [5.74, 6) is -0.841. The van der Waals surface area contributed by atoms with E-state index in [9.17, 15) is 9.18 Å². The fourth-order valence-electron chi connectivity index (χ4n) is 1.73. The first-order valence-corrected chi connectivity index (χ1v) is 5.92. The molecule has 0 bridgehead atoms. The lowest BCUT2D eigenvalue weighted by molar-refractivity contribution is 0.0705. The zero-order chi connectivity index (χ0) is 13.7. The number of aryl methyl sites for hydroxylation is 1. The van der Waals surface area contributed by atoms with Crippen LogP contribution >= 0.6 is 0 Å². The van der Waals surface area contributed by atoms with Crippen molar-refractivity contribution in [1.29, 1.82) is 5.26 Å². The Kier molecular flexibility index (Phi) is 4.85. The molecule has 0 aliphatic rings. The third-order valence-electron chi connectivity index (χ3n) is 2.77. The van der Waals surface area contributed by atoms with E-state index < -0.39 is 5.82 Å². The van der Waals surface area contributed by atoms with E-state index in [0.717, 1.165) is 0 Å². The van der Waals surface area contributed by atoms with Crippen LogP contribution in [0.4, 0.5) is 4.39 Å². The number of carbonyl (C=O) groups excluding carboxylic acids is 1. The average Bonchev–Trinajstić information content (AvgIpc) is 2.32. The third kappa shape index (κ3) is 3.07. The molecule has 0 aliphatic heterocycles. The van der Waals surface area contributed by atoms with Crippen molar-refractivity contribution in [3.8, 4) is 6.07 Å². The molecule has 0 N–H and O–H groups in total. The summed E-state index contributed by atoms with van der Waals surface area (Å²) in [7, 11) is 0. The van der Waals surface area contributed by atoms with Gasteiger partial charge in [-0.15, -0.1) is 0 Å². The molecule has 3 nitrogen and oxygen atoms in total. The Hall–Kier alpha value is -1.89. The predicted octanol–water partition coefficient (Wildman–Crippen LogP) is 2.90. The summed E-state index contributed by atoms with van der Waals surface area (Å²) in [4.78, 5) is 13.8. The van der Waals surface area contributed by atoms with E-state index in [1.54, 1.807) is 19.1 Å². The van der Waals surface area contributed by atoms with Crippen molar-refractivity contribution in [1.82, 2.24) is 4.90 Å². The van der Waals surface area contributed by atoms with E-state index in [-0.39, 0.29) is 23.9 Å².